The van der Waals surface area contributed by atoms with E-state index in [1.807, 2.05) is 0 Å². The Bertz CT molecular complexity index is 669. The lowest BCUT2D eigenvalue weighted by Crippen LogP contribution is -2.52. The molecule has 2 aliphatic carbocycles. The number of fused-ring (bicyclic) bond motifs is 1. The van der Waals surface area contributed by atoms with Gasteiger partial charge in [-0.1, -0.05) is 38.8 Å². The number of Topliss-reactive ketones (excluding diaryl/α,β-unsaturated/α-hetero) is 2. The topological polar surface area (TPSA) is 83.5 Å². The summed E-state index contributed by atoms with van der Waals surface area (Å²) < 4.78 is 0. The van der Waals surface area contributed by atoms with E-state index >= 15 is 0 Å². The Hall–Kier alpha value is -1.49. The van der Waals surface area contributed by atoms with Gasteiger partial charge in [0.1, 0.15) is 0 Å². The number of carbonyl (C=O) groups excluding carboxylic acids is 3. The van der Waals surface area contributed by atoms with Gasteiger partial charge in [-0.15, -0.1) is 0 Å². The summed E-state index contributed by atoms with van der Waals surface area (Å²) >= 11 is 0. The molecule has 1 saturated heterocycles. The summed E-state index contributed by atoms with van der Waals surface area (Å²) in [5.74, 6) is -2.08. The number of rotatable bonds is 4. The van der Waals surface area contributed by atoms with Crippen molar-refractivity contribution >= 4 is 17.5 Å². The second-order valence-electron chi connectivity index (χ2n) is 8.94. The number of carbonyl (C=O) groups is 3. The van der Waals surface area contributed by atoms with Crippen LogP contribution in [-0.4, -0.2) is 34.7 Å². The van der Waals surface area contributed by atoms with Crippen LogP contribution in [0.25, 0.3) is 0 Å². The summed E-state index contributed by atoms with van der Waals surface area (Å²) in [6.07, 6.45) is 4.29. The van der Waals surface area contributed by atoms with Gasteiger partial charge >= 0.3 is 0 Å². The Kier molecular flexibility index (Phi) is 5.62. The maximum atomic E-state index is 13.6. The van der Waals surface area contributed by atoms with E-state index in [4.69, 9.17) is 0 Å². The Morgan fingerprint density at radius 1 is 1.22 bits per heavy atom. The minimum atomic E-state index is -1.18. The molecule has 0 bridgehead atoms. The molecule has 2 fully saturated rings. The third kappa shape index (κ3) is 3.18. The lowest BCUT2D eigenvalue weighted by molar-refractivity contribution is -0.144. The molecule has 0 aromatic rings. The zero-order valence-corrected chi connectivity index (χ0v) is 17.1. The number of allylic oxidation sites excluding steroid dienone is 2. The molecule has 1 heterocycles. The smallest absolute Gasteiger partial charge is 0.238 e. The Morgan fingerprint density at radius 3 is 2.41 bits per heavy atom. The molecule has 0 aromatic carbocycles. The third-order valence-electron chi connectivity index (χ3n) is 7.42. The fourth-order valence-corrected chi connectivity index (χ4v) is 6.10. The van der Waals surface area contributed by atoms with Gasteiger partial charge in [-0.3, -0.25) is 14.4 Å². The number of ketones is 2. The van der Waals surface area contributed by atoms with Gasteiger partial charge in [0.15, 0.2) is 17.5 Å². The van der Waals surface area contributed by atoms with Crippen molar-refractivity contribution in [2.45, 2.75) is 66.0 Å². The van der Waals surface area contributed by atoms with Crippen LogP contribution >= 0.6 is 0 Å². The van der Waals surface area contributed by atoms with Gasteiger partial charge in [-0.2, -0.15) is 0 Å². The van der Waals surface area contributed by atoms with E-state index in [0.717, 1.165) is 19.3 Å². The van der Waals surface area contributed by atoms with Crippen LogP contribution in [0.4, 0.5) is 0 Å². The molecule has 3 rings (SSSR count). The second-order valence-corrected chi connectivity index (χ2v) is 8.94. The molecule has 150 valence electrons. The van der Waals surface area contributed by atoms with Crippen LogP contribution in [0.15, 0.2) is 11.6 Å². The van der Waals surface area contributed by atoms with Crippen molar-refractivity contribution in [3.63, 3.8) is 0 Å². The first kappa shape index (κ1) is 20.2. The van der Waals surface area contributed by atoms with E-state index in [-0.39, 0.29) is 47.1 Å². The number of aliphatic hydroxyl groups is 1. The van der Waals surface area contributed by atoms with E-state index < -0.39 is 24.0 Å². The Balaban J connectivity index is 2.04. The van der Waals surface area contributed by atoms with Crippen molar-refractivity contribution in [1.29, 1.82) is 0 Å². The van der Waals surface area contributed by atoms with Crippen LogP contribution in [0.2, 0.25) is 0 Å². The average Bonchev–Trinajstić information content (AvgIpc) is 2.87. The average molecular weight is 376 g/mol. The van der Waals surface area contributed by atoms with Crippen molar-refractivity contribution < 1.29 is 19.5 Å². The van der Waals surface area contributed by atoms with E-state index in [0.29, 0.717) is 0 Å². The largest absolute Gasteiger partial charge is 0.393 e. The van der Waals surface area contributed by atoms with Gasteiger partial charge in [0.25, 0.3) is 0 Å². The quantitative estimate of drug-likeness (QED) is 0.584. The Morgan fingerprint density at radius 2 is 1.89 bits per heavy atom. The van der Waals surface area contributed by atoms with E-state index in [2.05, 4.69) is 39.1 Å². The lowest BCUT2D eigenvalue weighted by Gasteiger charge is -2.51. The molecule has 9 unspecified atom stereocenters. The van der Waals surface area contributed by atoms with Crippen molar-refractivity contribution in [1.82, 2.24) is 5.32 Å². The summed E-state index contributed by atoms with van der Waals surface area (Å²) in [5, 5.41) is 13.5. The minimum Gasteiger partial charge on any atom is -0.393 e. The number of aliphatic hydroxyl groups excluding tert-OH is 1. The molecule has 3 aliphatic rings. The highest BCUT2D eigenvalue weighted by Crippen LogP contribution is 2.52. The summed E-state index contributed by atoms with van der Waals surface area (Å²) in [7, 11) is 0. The number of hydrogen-bond acceptors (Lipinski definition) is 4. The summed E-state index contributed by atoms with van der Waals surface area (Å²) in [4.78, 5) is 38.5. The lowest BCUT2D eigenvalue weighted by atomic mass is 9.53. The second kappa shape index (κ2) is 7.50. The van der Waals surface area contributed by atoms with Crippen molar-refractivity contribution in [2.75, 3.05) is 0 Å². The summed E-state index contributed by atoms with van der Waals surface area (Å²) in [6.45, 7) is 9.91. The normalized spacial score (nSPS) is 44.5. The first-order valence-corrected chi connectivity index (χ1v) is 10.5. The minimum absolute atomic E-state index is 0.00106. The highest BCUT2D eigenvalue weighted by atomic mass is 16.3. The van der Waals surface area contributed by atoms with Gasteiger partial charge in [0.05, 0.1) is 12.1 Å². The molecule has 9 atom stereocenters. The standard InChI is InChI=1S/C22H33NO4/c1-6-14-10(3)8-13-9-11(4)19(24)15(7-2)16(13)17(14)21(26)18-20(25)12(5)23-22(18)27/h8,11-19,24H,6-7,9H2,1-5H3,(H,23,27). The van der Waals surface area contributed by atoms with Gasteiger partial charge in [0, 0.05) is 5.92 Å². The molecule has 0 spiro atoms. The van der Waals surface area contributed by atoms with Gasteiger partial charge < -0.3 is 10.4 Å². The van der Waals surface area contributed by atoms with E-state index in [1.54, 1.807) is 6.92 Å². The molecule has 0 radical (unpaired) electrons. The van der Waals surface area contributed by atoms with Gasteiger partial charge in [-0.25, -0.2) is 0 Å². The van der Waals surface area contributed by atoms with Crippen LogP contribution in [0.5, 0.6) is 0 Å². The molecule has 5 nitrogen and oxygen atoms in total. The maximum Gasteiger partial charge on any atom is 0.238 e. The van der Waals surface area contributed by atoms with Gasteiger partial charge in [0.2, 0.25) is 5.91 Å². The summed E-state index contributed by atoms with van der Waals surface area (Å²) in [5.41, 5.74) is 1.19. The molecule has 27 heavy (non-hydrogen) atoms. The first-order valence-electron chi connectivity index (χ1n) is 10.5. The highest BCUT2D eigenvalue weighted by Gasteiger charge is 2.55. The van der Waals surface area contributed by atoms with Gasteiger partial charge in [-0.05, 0) is 56.3 Å². The predicted molar refractivity (Wildman–Crippen MR) is 103 cm³/mol. The van der Waals surface area contributed by atoms with E-state index in [9.17, 15) is 19.5 Å². The summed E-state index contributed by atoms with van der Waals surface area (Å²) in [6, 6.07) is -0.596. The molecule has 1 aliphatic heterocycles. The molecule has 2 N–H and O–H groups in total. The van der Waals surface area contributed by atoms with Crippen molar-refractivity contribution in [3.8, 4) is 0 Å². The molecule has 0 aromatic heterocycles. The molecule has 1 amide bonds. The van der Waals surface area contributed by atoms with Crippen LogP contribution in [0, 0.1) is 41.4 Å². The van der Waals surface area contributed by atoms with Crippen LogP contribution < -0.4 is 5.32 Å². The number of nitrogens with one attached hydrogen (secondary N) is 1. The first-order chi connectivity index (χ1) is 12.7. The maximum absolute atomic E-state index is 13.6. The zero-order valence-electron chi connectivity index (χ0n) is 17.1. The molecular formula is C22H33NO4. The SMILES string of the molecule is CCC1C(C)=CC2CC(C)C(O)C(CC)C2C1C(=O)C1C(=O)NC(C)C1=O. The fraction of sp³-hybridized carbons (Fsp3) is 0.773. The van der Waals surface area contributed by atoms with Crippen LogP contribution in [-0.2, 0) is 14.4 Å². The van der Waals surface area contributed by atoms with Crippen LogP contribution in [0.1, 0.15) is 53.9 Å². The molecule has 5 heteroatoms. The van der Waals surface area contributed by atoms with Crippen molar-refractivity contribution in [2.24, 2.45) is 41.4 Å². The highest BCUT2D eigenvalue weighted by molar-refractivity contribution is 6.24. The Labute approximate surface area is 162 Å². The van der Waals surface area contributed by atoms with Crippen LogP contribution in [0.3, 0.4) is 0 Å². The van der Waals surface area contributed by atoms with E-state index in [1.165, 1.54) is 5.57 Å². The fourth-order valence-electron chi connectivity index (χ4n) is 6.10. The van der Waals surface area contributed by atoms with Crippen molar-refractivity contribution in [3.05, 3.63) is 11.6 Å². The monoisotopic (exact) mass is 375 g/mol. The number of hydrogen-bond donors (Lipinski definition) is 2. The number of amides is 1. The predicted octanol–water partition coefficient (Wildman–Crippen LogP) is 2.52. The zero-order chi connectivity index (χ0) is 20.0. The molecular weight excluding hydrogens is 342 g/mol. The molecule has 1 saturated carbocycles. The third-order valence-corrected chi connectivity index (χ3v) is 7.42.